The van der Waals surface area contributed by atoms with Crippen molar-refractivity contribution in [1.29, 1.82) is 0 Å². The highest BCUT2D eigenvalue weighted by Gasteiger charge is 2.22. The zero-order valence-electron chi connectivity index (χ0n) is 13.8. The Labute approximate surface area is 154 Å². The van der Waals surface area contributed by atoms with Gasteiger partial charge < -0.3 is 19.4 Å². The van der Waals surface area contributed by atoms with Gasteiger partial charge in [0.05, 0.1) is 17.8 Å². The highest BCUT2D eigenvalue weighted by molar-refractivity contribution is 6.32. The van der Waals surface area contributed by atoms with Crippen LogP contribution in [0.3, 0.4) is 0 Å². The second kappa shape index (κ2) is 8.37. The zero-order valence-corrected chi connectivity index (χ0v) is 14.6. The molecule has 0 saturated carbocycles. The highest BCUT2D eigenvalue weighted by Crippen LogP contribution is 2.29. The number of halogens is 3. The molecule has 1 N–H and O–H groups in total. The quantitative estimate of drug-likeness (QED) is 0.848. The SMILES string of the molecule is O=C(Nc1ccc(OC(F)F)c(Cl)c1)N1CCN(Cc2ccco2)CC1. The molecule has 2 amide bonds. The van der Waals surface area contributed by atoms with Gasteiger partial charge in [0.25, 0.3) is 0 Å². The van der Waals surface area contributed by atoms with Gasteiger partial charge in [-0.3, -0.25) is 4.90 Å². The first-order valence-corrected chi connectivity index (χ1v) is 8.44. The molecule has 2 aromatic rings. The number of carbonyl (C=O) groups is 1. The Hall–Kier alpha value is -2.32. The lowest BCUT2D eigenvalue weighted by Crippen LogP contribution is -2.49. The molecule has 3 rings (SSSR count). The van der Waals surface area contributed by atoms with Gasteiger partial charge in [-0.25, -0.2) is 4.79 Å². The number of benzene rings is 1. The van der Waals surface area contributed by atoms with Gasteiger partial charge in [0.1, 0.15) is 11.5 Å². The van der Waals surface area contributed by atoms with Crippen molar-refractivity contribution in [2.75, 3.05) is 31.5 Å². The van der Waals surface area contributed by atoms with Gasteiger partial charge in [0.2, 0.25) is 0 Å². The first kappa shape index (κ1) is 18.5. The van der Waals surface area contributed by atoms with Crippen LogP contribution in [0.2, 0.25) is 5.02 Å². The number of ether oxygens (including phenoxy) is 1. The number of urea groups is 1. The van der Waals surface area contributed by atoms with Crippen molar-refractivity contribution in [3.63, 3.8) is 0 Å². The van der Waals surface area contributed by atoms with Crippen molar-refractivity contribution in [2.45, 2.75) is 13.2 Å². The molecule has 1 aromatic carbocycles. The van der Waals surface area contributed by atoms with E-state index in [9.17, 15) is 13.6 Å². The summed E-state index contributed by atoms with van der Waals surface area (Å²) in [5.41, 5.74) is 0.416. The number of anilines is 1. The maximum Gasteiger partial charge on any atom is 0.387 e. The maximum absolute atomic E-state index is 12.3. The normalized spacial score (nSPS) is 15.3. The van der Waals surface area contributed by atoms with Gasteiger partial charge in [-0.05, 0) is 30.3 Å². The second-order valence-corrected chi connectivity index (χ2v) is 6.20. The third kappa shape index (κ3) is 4.86. The number of hydrogen-bond donors (Lipinski definition) is 1. The van der Waals surface area contributed by atoms with Gasteiger partial charge >= 0.3 is 12.6 Å². The number of carbonyl (C=O) groups excluding carboxylic acids is 1. The van der Waals surface area contributed by atoms with Crippen molar-refractivity contribution in [3.05, 3.63) is 47.4 Å². The largest absolute Gasteiger partial charge is 0.468 e. The van der Waals surface area contributed by atoms with E-state index in [1.165, 1.54) is 18.2 Å². The monoisotopic (exact) mass is 385 g/mol. The molecule has 9 heteroatoms. The van der Waals surface area contributed by atoms with E-state index in [1.807, 2.05) is 12.1 Å². The molecule has 0 atom stereocenters. The number of nitrogens with zero attached hydrogens (tertiary/aromatic N) is 2. The molecule has 1 aliphatic rings. The average molecular weight is 386 g/mol. The standard InChI is InChI=1S/C17H18ClF2N3O3/c18-14-10-12(3-4-15(14)26-16(19)20)21-17(24)23-7-5-22(6-8-23)11-13-2-1-9-25-13/h1-4,9-10,16H,5-8,11H2,(H,21,24). The first-order valence-electron chi connectivity index (χ1n) is 8.06. The molecule has 0 aliphatic carbocycles. The fourth-order valence-electron chi connectivity index (χ4n) is 2.70. The molecule has 140 valence electrons. The summed E-state index contributed by atoms with van der Waals surface area (Å²) in [5.74, 6) is 0.759. The van der Waals surface area contributed by atoms with Gasteiger partial charge in [0.15, 0.2) is 0 Å². The van der Waals surface area contributed by atoms with Crippen molar-refractivity contribution < 1.29 is 22.7 Å². The summed E-state index contributed by atoms with van der Waals surface area (Å²) in [4.78, 5) is 16.2. The van der Waals surface area contributed by atoms with E-state index < -0.39 is 6.61 Å². The van der Waals surface area contributed by atoms with E-state index in [0.717, 1.165) is 18.8 Å². The lowest BCUT2D eigenvalue weighted by Gasteiger charge is -2.34. The lowest BCUT2D eigenvalue weighted by molar-refractivity contribution is -0.0497. The minimum atomic E-state index is -2.95. The number of nitrogens with one attached hydrogen (secondary N) is 1. The van der Waals surface area contributed by atoms with Gasteiger partial charge in [-0.2, -0.15) is 8.78 Å². The molecule has 0 radical (unpaired) electrons. The first-order chi connectivity index (χ1) is 12.5. The Bertz CT molecular complexity index is 735. The summed E-state index contributed by atoms with van der Waals surface area (Å²) in [6.07, 6.45) is 1.64. The minimum Gasteiger partial charge on any atom is -0.468 e. The van der Waals surface area contributed by atoms with Crippen LogP contribution in [0.1, 0.15) is 5.76 Å². The van der Waals surface area contributed by atoms with E-state index in [-0.39, 0.29) is 16.8 Å². The molecular weight excluding hydrogens is 368 g/mol. The number of furan rings is 1. The van der Waals surface area contributed by atoms with Crippen LogP contribution in [-0.2, 0) is 6.54 Å². The fraction of sp³-hybridized carbons (Fsp3) is 0.353. The highest BCUT2D eigenvalue weighted by atomic mass is 35.5. The Morgan fingerprint density at radius 2 is 2.04 bits per heavy atom. The van der Waals surface area contributed by atoms with Crippen molar-refractivity contribution in [3.8, 4) is 5.75 Å². The number of alkyl halides is 2. The summed E-state index contributed by atoms with van der Waals surface area (Å²) in [7, 11) is 0. The molecule has 6 nitrogen and oxygen atoms in total. The van der Waals surface area contributed by atoms with Crippen LogP contribution in [0.15, 0.2) is 41.0 Å². The summed E-state index contributed by atoms with van der Waals surface area (Å²) in [6.45, 7) is 0.376. The lowest BCUT2D eigenvalue weighted by atomic mass is 10.3. The average Bonchev–Trinajstić information content (AvgIpc) is 3.10. The predicted octanol–water partition coefficient (Wildman–Crippen LogP) is 3.88. The molecule has 0 spiro atoms. The Morgan fingerprint density at radius 1 is 1.27 bits per heavy atom. The van der Waals surface area contributed by atoms with Crippen molar-refractivity contribution in [2.24, 2.45) is 0 Å². The summed E-state index contributed by atoms with van der Waals surface area (Å²) >= 11 is 5.89. The molecule has 1 aliphatic heterocycles. The van der Waals surface area contributed by atoms with Crippen LogP contribution >= 0.6 is 11.6 Å². The maximum atomic E-state index is 12.3. The molecule has 0 unspecified atom stereocenters. The smallest absolute Gasteiger partial charge is 0.387 e. The van der Waals surface area contributed by atoms with Crippen LogP contribution < -0.4 is 10.1 Å². The number of rotatable bonds is 5. The summed E-state index contributed by atoms with van der Waals surface area (Å²) in [5, 5.41) is 2.72. The van der Waals surface area contributed by atoms with Crippen LogP contribution in [0.25, 0.3) is 0 Å². The molecule has 1 aromatic heterocycles. The molecule has 26 heavy (non-hydrogen) atoms. The van der Waals surface area contributed by atoms with Crippen LogP contribution in [0.4, 0.5) is 19.3 Å². The minimum absolute atomic E-state index is 0.00590. The zero-order chi connectivity index (χ0) is 18.5. The van der Waals surface area contributed by atoms with Crippen molar-refractivity contribution in [1.82, 2.24) is 9.80 Å². The Balaban J connectivity index is 1.50. The molecule has 1 saturated heterocycles. The molecule has 0 bridgehead atoms. The Morgan fingerprint density at radius 3 is 2.65 bits per heavy atom. The topological polar surface area (TPSA) is 58.0 Å². The van der Waals surface area contributed by atoms with Gasteiger partial charge in [0, 0.05) is 31.9 Å². The number of hydrogen-bond acceptors (Lipinski definition) is 4. The number of piperazine rings is 1. The third-order valence-electron chi connectivity index (χ3n) is 4.02. The van der Waals surface area contributed by atoms with E-state index >= 15 is 0 Å². The van der Waals surface area contributed by atoms with Gasteiger partial charge in [-0.15, -0.1) is 0 Å². The molecule has 2 heterocycles. The Kier molecular flexibility index (Phi) is 5.95. The van der Waals surface area contributed by atoms with Crippen LogP contribution in [0.5, 0.6) is 5.75 Å². The summed E-state index contributed by atoms with van der Waals surface area (Å²) < 4.78 is 34.1. The van der Waals surface area contributed by atoms with E-state index in [2.05, 4.69) is 15.0 Å². The summed E-state index contributed by atoms with van der Waals surface area (Å²) in [6, 6.07) is 7.65. The van der Waals surface area contributed by atoms with E-state index in [1.54, 1.807) is 11.2 Å². The van der Waals surface area contributed by atoms with Crippen LogP contribution in [0, 0.1) is 0 Å². The van der Waals surface area contributed by atoms with E-state index in [0.29, 0.717) is 25.3 Å². The fourth-order valence-corrected chi connectivity index (χ4v) is 2.93. The predicted molar refractivity (Wildman–Crippen MR) is 92.7 cm³/mol. The van der Waals surface area contributed by atoms with E-state index in [4.69, 9.17) is 16.0 Å². The molecule has 1 fully saturated rings. The third-order valence-corrected chi connectivity index (χ3v) is 4.31. The van der Waals surface area contributed by atoms with Crippen molar-refractivity contribution >= 4 is 23.3 Å². The number of amides is 2. The van der Waals surface area contributed by atoms with Gasteiger partial charge in [-0.1, -0.05) is 11.6 Å². The molecular formula is C17H18ClF2N3O3. The van der Waals surface area contributed by atoms with Crippen LogP contribution in [-0.4, -0.2) is 48.6 Å². The second-order valence-electron chi connectivity index (χ2n) is 5.80.